The van der Waals surface area contributed by atoms with Crippen LogP contribution in [-0.2, 0) is 9.53 Å². The molecule has 0 spiro atoms. The number of carbonyl (C=O) groups is 2. The van der Waals surface area contributed by atoms with E-state index >= 15 is 0 Å². The molecule has 4 rings (SSSR count). The first-order valence-corrected chi connectivity index (χ1v) is 9.67. The van der Waals surface area contributed by atoms with E-state index in [1.807, 2.05) is 53.9 Å². The number of benzene rings is 2. The van der Waals surface area contributed by atoms with Crippen LogP contribution in [0.4, 0.5) is 5.69 Å². The second-order valence-electron chi connectivity index (χ2n) is 5.97. The molecule has 1 amide bonds. The fraction of sp³-hybridized carbons (Fsp3) is 0.0476. The van der Waals surface area contributed by atoms with Gasteiger partial charge in [-0.25, -0.2) is 9.48 Å². The zero-order valence-electron chi connectivity index (χ0n) is 15.2. The van der Waals surface area contributed by atoms with Crippen molar-refractivity contribution in [2.24, 2.45) is 0 Å². The number of nitrogens with zero attached hydrogens (tertiary/aromatic N) is 3. The van der Waals surface area contributed by atoms with Crippen LogP contribution in [0.3, 0.4) is 0 Å². The van der Waals surface area contributed by atoms with Crippen molar-refractivity contribution in [2.75, 3.05) is 11.9 Å². The zero-order valence-corrected chi connectivity index (χ0v) is 16.0. The van der Waals surface area contributed by atoms with Crippen LogP contribution < -0.4 is 5.32 Å². The largest absolute Gasteiger partial charge is 0.450 e. The summed E-state index contributed by atoms with van der Waals surface area (Å²) in [6, 6.07) is 22.1. The molecule has 2 aromatic heterocycles. The molecule has 29 heavy (non-hydrogen) atoms. The lowest BCUT2D eigenvalue weighted by molar-refractivity contribution is -0.119. The van der Waals surface area contributed by atoms with Crippen molar-refractivity contribution in [3.63, 3.8) is 0 Å². The van der Waals surface area contributed by atoms with Crippen molar-refractivity contribution < 1.29 is 14.3 Å². The molecule has 8 heteroatoms. The number of rotatable bonds is 6. The molecule has 0 saturated heterocycles. The minimum Gasteiger partial charge on any atom is -0.450 e. The van der Waals surface area contributed by atoms with Gasteiger partial charge in [0.1, 0.15) is 0 Å². The second-order valence-corrected chi connectivity index (χ2v) is 6.92. The first-order chi connectivity index (χ1) is 14.2. The Morgan fingerprint density at radius 3 is 2.38 bits per heavy atom. The Morgan fingerprint density at radius 2 is 1.69 bits per heavy atom. The van der Waals surface area contributed by atoms with E-state index in [0.717, 1.165) is 10.6 Å². The summed E-state index contributed by atoms with van der Waals surface area (Å²) >= 11 is 1.49. The predicted octanol–water partition coefficient (Wildman–Crippen LogP) is 3.79. The Labute approximate surface area is 170 Å². The molecule has 0 aliphatic heterocycles. The van der Waals surface area contributed by atoms with E-state index in [1.165, 1.54) is 11.3 Å². The molecule has 0 aliphatic carbocycles. The van der Waals surface area contributed by atoms with E-state index < -0.39 is 18.5 Å². The highest BCUT2D eigenvalue weighted by molar-refractivity contribution is 7.13. The molecule has 0 atom stereocenters. The number of amides is 1. The van der Waals surface area contributed by atoms with Crippen LogP contribution in [0.25, 0.3) is 16.4 Å². The van der Waals surface area contributed by atoms with E-state index in [9.17, 15) is 9.59 Å². The van der Waals surface area contributed by atoms with Crippen LogP contribution in [0.1, 0.15) is 10.6 Å². The summed E-state index contributed by atoms with van der Waals surface area (Å²) in [6.45, 7) is -0.429. The normalized spacial score (nSPS) is 10.5. The van der Waals surface area contributed by atoms with Gasteiger partial charge in [0.05, 0.1) is 10.6 Å². The number of thiophene rings is 1. The van der Waals surface area contributed by atoms with E-state index in [2.05, 4.69) is 15.4 Å². The third-order valence-electron chi connectivity index (χ3n) is 3.92. The maximum absolute atomic E-state index is 12.4. The van der Waals surface area contributed by atoms with Crippen LogP contribution in [-0.4, -0.2) is 33.2 Å². The van der Waals surface area contributed by atoms with Crippen molar-refractivity contribution in [3.8, 4) is 16.4 Å². The number of esters is 1. The second kappa shape index (κ2) is 8.49. The lowest BCUT2D eigenvalue weighted by Crippen LogP contribution is -2.21. The Morgan fingerprint density at radius 1 is 0.966 bits per heavy atom. The van der Waals surface area contributed by atoms with Gasteiger partial charge in [-0.2, -0.15) is 4.98 Å². The smallest absolute Gasteiger partial charge is 0.378 e. The van der Waals surface area contributed by atoms with Crippen molar-refractivity contribution in [1.29, 1.82) is 0 Å². The van der Waals surface area contributed by atoms with Gasteiger partial charge >= 0.3 is 5.97 Å². The van der Waals surface area contributed by atoms with Gasteiger partial charge in [0.15, 0.2) is 12.4 Å². The highest BCUT2D eigenvalue weighted by Crippen LogP contribution is 2.25. The average Bonchev–Trinajstić information content (AvgIpc) is 3.43. The van der Waals surface area contributed by atoms with Gasteiger partial charge < -0.3 is 10.1 Å². The minimum atomic E-state index is -0.763. The fourth-order valence-corrected chi connectivity index (χ4v) is 3.33. The molecule has 0 aliphatic rings. The Bertz CT molecular complexity index is 1110. The van der Waals surface area contributed by atoms with Crippen molar-refractivity contribution in [1.82, 2.24) is 14.8 Å². The molecular weight excluding hydrogens is 388 g/mol. The van der Waals surface area contributed by atoms with E-state index in [0.29, 0.717) is 11.5 Å². The van der Waals surface area contributed by atoms with Crippen LogP contribution in [0.15, 0.2) is 78.2 Å². The Balaban J connectivity index is 1.51. The fourth-order valence-electron chi connectivity index (χ4n) is 2.63. The molecule has 0 bridgehead atoms. The molecule has 2 aromatic carbocycles. The number of anilines is 1. The molecule has 0 fully saturated rings. The number of hydrogen-bond donors (Lipinski definition) is 1. The maximum atomic E-state index is 12.4. The lowest BCUT2D eigenvalue weighted by Gasteiger charge is -2.05. The first-order valence-electron chi connectivity index (χ1n) is 8.79. The van der Waals surface area contributed by atoms with E-state index in [-0.39, 0.29) is 5.82 Å². The molecule has 0 radical (unpaired) electrons. The summed E-state index contributed by atoms with van der Waals surface area (Å²) in [5.41, 5.74) is 1.39. The van der Waals surface area contributed by atoms with Gasteiger partial charge in [0.25, 0.3) is 11.7 Å². The minimum absolute atomic E-state index is 0.107. The van der Waals surface area contributed by atoms with Crippen molar-refractivity contribution >= 4 is 28.9 Å². The molecule has 7 nitrogen and oxygen atoms in total. The van der Waals surface area contributed by atoms with Crippen LogP contribution in [0.5, 0.6) is 0 Å². The summed E-state index contributed by atoms with van der Waals surface area (Å²) in [5, 5.41) is 8.88. The summed E-state index contributed by atoms with van der Waals surface area (Å²) in [4.78, 5) is 29.6. The molecule has 0 unspecified atom stereocenters. The first kappa shape index (κ1) is 18.6. The van der Waals surface area contributed by atoms with Gasteiger partial charge in [-0.3, -0.25) is 4.79 Å². The Kier molecular flexibility index (Phi) is 5.44. The molecular formula is C21H16N4O3S. The maximum Gasteiger partial charge on any atom is 0.378 e. The highest BCUT2D eigenvalue weighted by Gasteiger charge is 2.21. The number of hydrogen-bond acceptors (Lipinski definition) is 6. The van der Waals surface area contributed by atoms with Crippen LogP contribution in [0.2, 0.25) is 0 Å². The monoisotopic (exact) mass is 404 g/mol. The quantitative estimate of drug-likeness (QED) is 0.494. The summed E-state index contributed by atoms with van der Waals surface area (Å²) < 4.78 is 6.69. The third-order valence-corrected chi connectivity index (χ3v) is 4.79. The van der Waals surface area contributed by atoms with Crippen molar-refractivity contribution in [2.45, 2.75) is 0 Å². The number of para-hydroxylation sites is 2. The van der Waals surface area contributed by atoms with Crippen LogP contribution in [0, 0.1) is 0 Å². The van der Waals surface area contributed by atoms with E-state index in [1.54, 1.807) is 28.9 Å². The summed E-state index contributed by atoms with van der Waals surface area (Å²) in [7, 11) is 0. The van der Waals surface area contributed by atoms with Gasteiger partial charge in [-0.1, -0.05) is 42.5 Å². The number of aromatic nitrogens is 3. The Hall–Kier alpha value is -3.78. The lowest BCUT2D eigenvalue weighted by atomic mass is 10.3. The predicted molar refractivity (Wildman–Crippen MR) is 110 cm³/mol. The van der Waals surface area contributed by atoms with Crippen LogP contribution >= 0.6 is 11.3 Å². The number of carbonyl (C=O) groups excluding carboxylic acids is 2. The van der Waals surface area contributed by atoms with Gasteiger partial charge in [-0.05, 0) is 35.7 Å². The van der Waals surface area contributed by atoms with Gasteiger partial charge in [-0.15, -0.1) is 16.4 Å². The molecule has 144 valence electrons. The third kappa shape index (κ3) is 4.39. The topological polar surface area (TPSA) is 86.1 Å². The number of nitrogens with one attached hydrogen (secondary N) is 1. The number of ether oxygens (including phenoxy) is 1. The summed E-state index contributed by atoms with van der Waals surface area (Å²) in [6.07, 6.45) is 0. The zero-order chi connectivity index (χ0) is 20.1. The van der Waals surface area contributed by atoms with Gasteiger partial charge in [0, 0.05) is 5.69 Å². The SMILES string of the molecule is O=C(COC(=O)c1nc(-c2cccs2)n(-c2ccccc2)n1)Nc1ccccc1. The molecule has 4 aromatic rings. The standard InChI is InChI=1S/C21H16N4O3S/c26-18(22-15-8-3-1-4-9-15)14-28-21(27)19-23-20(17-12-7-13-29-17)25(24-19)16-10-5-2-6-11-16/h1-13H,14H2,(H,22,26). The molecule has 1 N–H and O–H groups in total. The molecule has 0 saturated carbocycles. The molecule has 2 heterocycles. The average molecular weight is 404 g/mol. The summed E-state index contributed by atoms with van der Waals surface area (Å²) in [5.74, 6) is -0.775. The van der Waals surface area contributed by atoms with Crippen molar-refractivity contribution in [3.05, 3.63) is 84.0 Å². The highest BCUT2D eigenvalue weighted by atomic mass is 32.1. The van der Waals surface area contributed by atoms with Gasteiger partial charge in [0.2, 0.25) is 0 Å². The van der Waals surface area contributed by atoms with E-state index in [4.69, 9.17) is 4.74 Å².